The lowest BCUT2D eigenvalue weighted by molar-refractivity contribution is -0.160. The van der Waals surface area contributed by atoms with Crippen LogP contribution in [0.2, 0.25) is 0 Å². The van der Waals surface area contributed by atoms with E-state index in [1.807, 2.05) is 56.3 Å². The van der Waals surface area contributed by atoms with Gasteiger partial charge in [0.1, 0.15) is 17.6 Å². The molecular weight excluding hydrogens is 508 g/mol. The molecular formula is C32H38N2O6. The predicted molar refractivity (Wildman–Crippen MR) is 153 cm³/mol. The van der Waals surface area contributed by atoms with Gasteiger partial charge in [-0.2, -0.15) is 0 Å². The van der Waals surface area contributed by atoms with Gasteiger partial charge < -0.3 is 24.4 Å². The third kappa shape index (κ3) is 4.25. The molecule has 3 heterocycles. The van der Waals surface area contributed by atoms with E-state index in [0.717, 1.165) is 10.8 Å². The Morgan fingerprint density at radius 3 is 2.62 bits per heavy atom. The van der Waals surface area contributed by atoms with Gasteiger partial charge in [-0.1, -0.05) is 49.4 Å². The summed E-state index contributed by atoms with van der Waals surface area (Å²) in [5.74, 6) is -2.87. The standard InChI is InChI=1S/C32H38N2O6/c1-5-8-18-39-30(38)26-25-28(36)34(23(7-3)20-35)27(32(25)16-15-31(26,4)40-32)29(37)33(17-6-2)24-14-13-21-11-9-10-12-22(21)19-24/h5-6,9-14,19,23,25-27,35H,1-2,7-8,15-18,20H2,3-4H3/t23-,25-,26+,27?,31-,32?/m0/s1. The van der Waals surface area contributed by atoms with Crippen molar-refractivity contribution in [2.75, 3.05) is 24.7 Å². The fourth-order valence-electron chi connectivity index (χ4n) is 7.08. The molecule has 6 atom stereocenters. The maximum atomic E-state index is 14.7. The molecule has 3 saturated heterocycles. The van der Waals surface area contributed by atoms with Crippen LogP contribution in [0.4, 0.5) is 5.69 Å². The molecule has 2 bridgehead atoms. The van der Waals surface area contributed by atoms with Crippen LogP contribution >= 0.6 is 0 Å². The number of aliphatic hydroxyl groups is 1. The topological polar surface area (TPSA) is 96.4 Å². The van der Waals surface area contributed by atoms with Crippen LogP contribution in [0.15, 0.2) is 67.8 Å². The van der Waals surface area contributed by atoms with Crippen LogP contribution in [0.5, 0.6) is 0 Å². The minimum atomic E-state index is -1.20. The molecule has 3 aliphatic heterocycles. The molecule has 40 heavy (non-hydrogen) atoms. The first-order valence-electron chi connectivity index (χ1n) is 14.1. The Morgan fingerprint density at radius 2 is 1.95 bits per heavy atom. The van der Waals surface area contributed by atoms with Crippen molar-refractivity contribution >= 4 is 34.2 Å². The van der Waals surface area contributed by atoms with E-state index in [1.54, 1.807) is 17.1 Å². The molecule has 212 valence electrons. The molecule has 3 aliphatic rings. The number of fused-ring (bicyclic) bond motifs is 2. The number of amides is 2. The predicted octanol–water partition coefficient (Wildman–Crippen LogP) is 4.01. The maximum Gasteiger partial charge on any atom is 0.312 e. The normalized spacial score (nSPS) is 29.3. The summed E-state index contributed by atoms with van der Waals surface area (Å²) in [5.41, 5.74) is -1.46. The van der Waals surface area contributed by atoms with Crippen molar-refractivity contribution in [2.24, 2.45) is 11.8 Å². The number of esters is 1. The highest BCUT2D eigenvalue weighted by atomic mass is 16.6. The number of hydrogen-bond donors (Lipinski definition) is 1. The van der Waals surface area contributed by atoms with Crippen LogP contribution in [0, 0.1) is 11.8 Å². The van der Waals surface area contributed by atoms with Gasteiger partial charge in [0.15, 0.2) is 0 Å². The molecule has 1 N–H and O–H groups in total. The Hall–Kier alpha value is -3.49. The van der Waals surface area contributed by atoms with Gasteiger partial charge in [-0.25, -0.2) is 0 Å². The monoisotopic (exact) mass is 546 g/mol. The van der Waals surface area contributed by atoms with Gasteiger partial charge in [0.05, 0.1) is 30.8 Å². The van der Waals surface area contributed by atoms with Crippen LogP contribution < -0.4 is 4.90 Å². The van der Waals surface area contributed by atoms with Crippen LogP contribution in [0.1, 0.15) is 39.5 Å². The minimum Gasteiger partial charge on any atom is -0.465 e. The number of benzene rings is 2. The minimum absolute atomic E-state index is 0.165. The first-order chi connectivity index (χ1) is 19.3. The van der Waals surface area contributed by atoms with E-state index < -0.39 is 41.1 Å². The van der Waals surface area contributed by atoms with E-state index in [1.165, 1.54) is 4.90 Å². The lowest BCUT2D eigenvalue weighted by Gasteiger charge is -2.39. The summed E-state index contributed by atoms with van der Waals surface area (Å²) in [6.07, 6.45) is 5.23. The Labute approximate surface area is 235 Å². The second kappa shape index (κ2) is 10.8. The molecule has 8 heteroatoms. The van der Waals surface area contributed by atoms with E-state index in [0.29, 0.717) is 31.4 Å². The lowest BCUT2D eigenvalue weighted by Crippen LogP contribution is -2.59. The largest absolute Gasteiger partial charge is 0.465 e. The first kappa shape index (κ1) is 28.1. The van der Waals surface area contributed by atoms with Crippen molar-refractivity contribution < 1.29 is 29.0 Å². The Morgan fingerprint density at radius 1 is 1.20 bits per heavy atom. The molecule has 0 radical (unpaired) electrons. The van der Waals surface area contributed by atoms with Gasteiger partial charge in [-0.05, 0) is 55.5 Å². The van der Waals surface area contributed by atoms with E-state index in [9.17, 15) is 19.5 Å². The van der Waals surface area contributed by atoms with Gasteiger partial charge in [-0.15, -0.1) is 13.2 Å². The molecule has 0 saturated carbocycles. The van der Waals surface area contributed by atoms with Crippen LogP contribution in [0.25, 0.3) is 10.8 Å². The van der Waals surface area contributed by atoms with E-state index >= 15 is 0 Å². The molecule has 0 aliphatic carbocycles. The van der Waals surface area contributed by atoms with Crippen molar-refractivity contribution in [3.8, 4) is 0 Å². The molecule has 0 aromatic heterocycles. The second-order valence-corrected chi connectivity index (χ2v) is 11.2. The number of nitrogens with zero attached hydrogens (tertiary/aromatic N) is 2. The van der Waals surface area contributed by atoms with Gasteiger partial charge in [-0.3, -0.25) is 14.4 Å². The number of carbonyl (C=O) groups excluding carboxylic acids is 3. The molecule has 2 unspecified atom stereocenters. The highest BCUT2D eigenvalue weighted by Crippen LogP contribution is 2.63. The summed E-state index contributed by atoms with van der Waals surface area (Å²) in [7, 11) is 0. The molecule has 8 nitrogen and oxygen atoms in total. The average molecular weight is 547 g/mol. The SMILES string of the molecule is C=CCCOC(=O)[C@H]1[C@H]2C(=O)N([C@@H](CC)CO)C(C(=O)N(CC=C)c3ccc4ccccc4c3)C23CC[C@]1(C)O3. The van der Waals surface area contributed by atoms with E-state index in [2.05, 4.69) is 13.2 Å². The molecule has 2 aromatic rings. The smallest absolute Gasteiger partial charge is 0.312 e. The number of anilines is 1. The molecule has 5 rings (SSSR count). The molecule has 2 amide bonds. The van der Waals surface area contributed by atoms with Gasteiger partial charge >= 0.3 is 5.97 Å². The highest BCUT2D eigenvalue weighted by Gasteiger charge is 2.79. The van der Waals surface area contributed by atoms with Crippen molar-refractivity contribution in [1.29, 1.82) is 0 Å². The van der Waals surface area contributed by atoms with Crippen molar-refractivity contribution in [1.82, 2.24) is 4.90 Å². The van der Waals surface area contributed by atoms with Crippen LogP contribution in [-0.4, -0.2) is 70.8 Å². The number of ether oxygens (including phenoxy) is 2. The third-order valence-electron chi connectivity index (χ3n) is 8.97. The number of aliphatic hydroxyl groups excluding tert-OH is 1. The third-order valence-corrected chi connectivity index (χ3v) is 8.97. The maximum absolute atomic E-state index is 14.7. The summed E-state index contributed by atoms with van der Waals surface area (Å²) in [6.45, 7) is 11.3. The fourth-order valence-corrected chi connectivity index (χ4v) is 7.08. The Balaban J connectivity index is 1.59. The van der Waals surface area contributed by atoms with Crippen molar-refractivity contribution in [2.45, 2.75) is 62.8 Å². The zero-order chi connectivity index (χ0) is 28.7. The first-order valence-corrected chi connectivity index (χ1v) is 14.1. The number of likely N-dealkylation sites (tertiary alicyclic amines) is 1. The highest BCUT2D eigenvalue weighted by molar-refractivity contribution is 6.05. The zero-order valence-electron chi connectivity index (χ0n) is 23.3. The molecule has 2 aromatic carbocycles. The van der Waals surface area contributed by atoms with Gasteiger partial charge in [0.2, 0.25) is 5.91 Å². The van der Waals surface area contributed by atoms with E-state index in [4.69, 9.17) is 9.47 Å². The number of carbonyl (C=O) groups is 3. The summed E-state index contributed by atoms with van der Waals surface area (Å²) < 4.78 is 12.2. The summed E-state index contributed by atoms with van der Waals surface area (Å²) in [4.78, 5) is 45.5. The summed E-state index contributed by atoms with van der Waals surface area (Å²) in [5, 5.41) is 12.3. The van der Waals surface area contributed by atoms with Crippen molar-refractivity contribution in [3.05, 3.63) is 67.8 Å². The van der Waals surface area contributed by atoms with Crippen molar-refractivity contribution in [3.63, 3.8) is 0 Å². The molecule has 3 fully saturated rings. The average Bonchev–Trinajstić information content (AvgIpc) is 3.53. The lowest BCUT2D eigenvalue weighted by atomic mass is 9.66. The van der Waals surface area contributed by atoms with Crippen LogP contribution in [0.3, 0.4) is 0 Å². The second-order valence-electron chi connectivity index (χ2n) is 11.2. The quantitative estimate of drug-likeness (QED) is 0.260. The summed E-state index contributed by atoms with van der Waals surface area (Å²) >= 11 is 0. The van der Waals surface area contributed by atoms with E-state index in [-0.39, 0.29) is 31.6 Å². The van der Waals surface area contributed by atoms with Gasteiger partial charge in [0, 0.05) is 12.2 Å². The fraction of sp³-hybridized carbons (Fsp3) is 0.469. The number of hydrogen-bond acceptors (Lipinski definition) is 6. The van der Waals surface area contributed by atoms with Crippen LogP contribution in [-0.2, 0) is 23.9 Å². The number of rotatable bonds is 11. The van der Waals surface area contributed by atoms with Gasteiger partial charge in [0.25, 0.3) is 5.91 Å². The summed E-state index contributed by atoms with van der Waals surface area (Å²) in [6, 6.07) is 12.1. The molecule has 1 spiro atoms. The Bertz CT molecular complexity index is 1340. The zero-order valence-corrected chi connectivity index (χ0v) is 23.3. The Kier molecular flexibility index (Phi) is 7.59.